The van der Waals surface area contributed by atoms with Gasteiger partial charge in [0.2, 0.25) is 0 Å². The first-order valence-corrected chi connectivity index (χ1v) is 4.98. The van der Waals surface area contributed by atoms with Gasteiger partial charge < -0.3 is 10.2 Å². The highest BCUT2D eigenvalue weighted by Gasteiger charge is 2.45. The van der Waals surface area contributed by atoms with Crippen molar-refractivity contribution in [3.05, 3.63) is 0 Å². The molecule has 0 fully saturated rings. The average molecular weight is 256 g/mol. The Labute approximate surface area is 96.4 Å². The van der Waals surface area contributed by atoms with Crippen molar-refractivity contribution < 1.29 is 27.6 Å². The van der Waals surface area contributed by atoms with Crippen LogP contribution in [0.15, 0.2) is 0 Å². The lowest BCUT2D eigenvalue weighted by Gasteiger charge is -2.27. The van der Waals surface area contributed by atoms with Crippen LogP contribution in [0.1, 0.15) is 33.1 Å². The van der Waals surface area contributed by atoms with Crippen molar-refractivity contribution in [1.82, 2.24) is 5.32 Å². The molecule has 0 aromatic carbocycles. The molecule has 5 nitrogen and oxygen atoms in total. The molecule has 0 aromatic heterocycles. The van der Waals surface area contributed by atoms with E-state index in [4.69, 9.17) is 0 Å². The second-order valence-electron chi connectivity index (χ2n) is 3.79. The van der Waals surface area contributed by atoms with E-state index in [1.165, 1.54) is 0 Å². The van der Waals surface area contributed by atoms with E-state index in [1.54, 1.807) is 12.2 Å². The van der Waals surface area contributed by atoms with Gasteiger partial charge in [-0.25, -0.2) is 4.79 Å². The van der Waals surface area contributed by atoms with Crippen LogP contribution in [0.4, 0.5) is 13.2 Å². The molecular weight excluding hydrogens is 241 g/mol. The van der Waals surface area contributed by atoms with Crippen LogP contribution in [0.25, 0.3) is 0 Å². The van der Waals surface area contributed by atoms with Crippen molar-refractivity contribution in [2.24, 2.45) is 5.90 Å². The number of nitrogens with one attached hydrogen (secondary N) is 1. The molecule has 8 heteroatoms. The highest BCUT2D eigenvalue weighted by molar-refractivity contribution is 5.90. The smallest absolute Gasteiger partial charge is 0.372 e. The van der Waals surface area contributed by atoms with Crippen LogP contribution in [-0.2, 0) is 14.4 Å². The molecule has 0 unspecified atom stereocenters. The number of hydrogen-bond acceptors (Lipinski definition) is 4. The number of halogens is 3. The summed E-state index contributed by atoms with van der Waals surface area (Å²) in [4.78, 5) is 26.0. The maximum Gasteiger partial charge on any atom is 0.471 e. The van der Waals surface area contributed by atoms with Crippen molar-refractivity contribution in [3.8, 4) is 0 Å². The zero-order valence-electron chi connectivity index (χ0n) is 9.56. The van der Waals surface area contributed by atoms with E-state index in [9.17, 15) is 22.8 Å². The molecule has 0 radical (unpaired) electrons. The molecular formula is C9H15F3N2O3. The Bertz CT molecular complexity index is 294. The summed E-state index contributed by atoms with van der Waals surface area (Å²) >= 11 is 0. The van der Waals surface area contributed by atoms with Gasteiger partial charge in [0.25, 0.3) is 0 Å². The largest absolute Gasteiger partial charge is 0.471 e. The molecule has 0 heterocycles. The number of alkyl halides is 3. The van der Waals surface area contributed by atoms with Gasteiger partial charge in [0.15, 0.2) is 0 Å². The molecule has 0 aliphatic carbocycles. The fourth-order valence-corrected chi connectivity index (χ4v) is 1.20. The van der Waals surface area contributed by atoms with Gasteiger partial charge in [0.1, 0.15) is 5.54 Å². The molecule has 1 amide bonds. The van der Waals surface area contributed by atoms with E-state index in [0.717, 1.165) is 6.92 Å². The van der Waals surface area contributed by atoms with Crippen molar-refractivity contribution in [2.75, 3.05) is 0 Å². The van der Waals surface area contributed by atoms with E-state index in [2.05, 4.69) is 10.7 Å². The summed E-state index contributed by atoms with van der Waals surface area (Å²) < 4.78 is 36.2. The van der Waals surface area contributed by atoms with Gasteiger partial charge in [-0.15, -0.1) is 0 Å². The van der Waals surface area contributed by atoms with Crippen LogP contribution in [-0.4, -0.2) is 23.6 Å². The molecule has 3 N–H and O–H groups in total. The van der Waals surface area contributed by atoms with Crippen LogP contribution in [0.5, 0.6) is 0 Å². The monoisotopic (exact) mass is 256 g/mol. The average Bonchev–Trinajstić information content (AvgIpc) is 2.23. The van der Waals surface area contributed by atoms with E-state index in [0.29, 0.717) is 12.8 Å². The summed E-state index contributed by atoms with van der Waals surface area (Å²) in [5.41, 5.74) is -1.77. The lowest BCUT2D eigenvalue weighted by atomic mass is 9.95. The molecule has 0 rings (SSSR count). The van der Waals surface area contributed by atoms with Crippen molar-refractivity contribution in [3.63, 3.8) is 0 Å². The van der Waals surface area contributed by atoms with Gasteiger partial charge in [-0.05, 0) is 13.3 Å². The summed E-state index contributed by atoms with van der Waals surface area (Å²) in [5, 5.41) is 1.60. The van der Waals surface area contributed by atoms with Gasteiger partial charge in [0, 0.05) is 0 Å². The molecule has 0 aliphatic heterocycles. The minimum absolute atomic E-state index is 0.0152. The molecule has 0 saturated carbocycles. The zero-order chi connectivity index (χ0) is 13.7. The van der Waals surface area contributed by atoms with Gasteiger partial charge in [-0.1, -0.05) is 19.8 Å². The molecule has 1 atom stereocenters. The highest BCUT2D eigenvalue weighted by Crippen LogP contribution is 2.20. The summed E-state index contributed by atoms with van der Waals surface area (Å²) in [6.07, 6.45) is -3.94. The SMILES string of the molecule is CCCC[C@](C)(NC(=O)C(F)(F)F)C(=O)ON. The van der Waals surface area contributed by atoms with Crippen LogP contribution >= 0.6 is 0 Å². The Morgan fingerprint density at radius 3 is 2.24 bits per heavy atom. The second-order valence-corrected chi connectivity index (χ2v) is 3.79. The molecule has 0 aliphatic rings. The number of carbonyl (C=O) groups excluding carboxylic acids is 2. The van der Waals surface area contributed by atoms with Crippen molar-refractivity contribution >= 4 is 11.9 Å². The number of unbranched alkanes of at least 4 members (excludes halogenated alkanes) is 1. The normalized spacial score (nSPS) is 14.9. The Hall–Kier alpha value is -1.31. The minimum Gasteiger partial charge on any atom is -0.372 e. The Morgan fingerprint density at radius 1 is 1.35 bits per heavy atom. The van der Waals surface area contributed by atoms with E-state index in [-0.39, 0.29) is 6.42 Å². The number of hydrogen-bond donors (Lipinski definition) is 2. The third-order valence-electron chi connectivity index (χ3n) is 2.23. The molecule has 100 valence electrons. The first-order chi connectivity index (χ1) is 7.67. The standard InChI is InChI=1S/C9H15F3N2O3/c1-3-4-5-8(2,7(16)17-13)14-6(15)9(10,11)12/h3-5,13H2,1-2H3,(H,14,15)/t8-/m0/s1. The van der Waals surface area contributed by atoms with Gasteiger partial charge in [-0.2, -0.15) is 19.1 Å². The number of nitrogens with two attached hydrogens (primary N) is 1. The maximum absolute atomic E-state index is 12.1. The van der Waals surface area contributed by atoms with E-state index in [1.807, 2.05) is 0 Å². The fraction of sp³-hybridized carbons (Fsp3) is 0.778. The van der Waals surface area contributed by atoms with Crippen LogP contribution in [0.2, 0.25) is 0 Å². The second kappa shape index (κ2) is 5.85. The third kappa shape index (κ3) is 4.59. The van der Waals surface area contributed by atoms with Crippen molar-refractivity contribution in [1.29, 1.82) is 0 Å². The summed E-state index contributed by atoms with van der Waals surface area (Å²) in [6, 6.07) is 0. The Kier molecular flexibility index (Phi) is 5.40. The Balaban J connectivity index is 4.82. The number of amides is 1. The minimum atomic E-state index is -5.05. The summed E-state index contributed by atoms with van der Waals surface area (Å²) in [7, 11) is 0. The first-order valence-electron chi connectivity index (χ1n) is 4.98. The lowest BCUT2D eigenvalue weighted by Crippen LogP contribution is -2.56. The van der Waals surface area contributed by atoms with Crippen LogP contribution < -0.4 is 11.2 Å². The lowest BCUT2D eigenvalue weighted by molar-refractivity contribution is -0.178. The summed E-state index contributed by atoms with van der Waals surface area (Å²) in [5.74, 6) is 1.33. The number of carbonyl (C=O) groups is 2. The third-order valence-corrected chi connectivity index (χ3v) is 2.23. The maximum atomic E-state index is 12.1. The zero-order valence-corrected chi connectivity index (χ0v) is 9.56. The predicted molar refractivity (Wildman–Crippen MR) is 52.4 cm³/mol. The van der Waals surface area contributed by atoms with Crippen LogP contribution in [0.3, 0.4) is 0 Å². The molecule has 0 aromatic rings. The fourth-order valence-electron chi connectivity index (χ4n) is 1.20. The van der Waals surface area contributed by atoms with E-state index >= 15 is 0 Å². The van der Waals surface area contributed by atoms with Gasteiger partial charge in [-0.3, -0.25) is 4.79 Å². The van der Waals surface area contributed by atoms with E-state index < -0.39 is 23.6 Å². The predicted octanol–water partition coefficient (Wildman–Crippen LogP) is 1.03. The topological polar surface area (TPSA) is 81.4 Å². The molecule has 0 saturated heterocycles. The quantitative estimate of drug-likeness (QED) is 0.720. The Morgan fingerprint density at radius 2 is 1.88 bits per heavy atom. The number of rotatable bonds is 5. The van der Waals surface area contributed by atoms with Crippen molar-refractivity contribution in [2.45, 2.75) is 44.8 Å². The van der Waals surface area contributed by atoms with Crippen LogP contribution in [0, 0.1) is 0 Å². The summed E-state index contributed by atoms with van der Waals surface area (Å²) in [6.45, 7) is 2.93. The molecule has 17 heavy (non-hydrogen) atoms. The van der Waals surface area contributed by atoms with Gasteiger partial charge in [0.05, 0.1) is 0 Å². The van der Waals surface area contributed by atoms with Gasteiger partial charge >= 0.3 is 18.1 Å². The molecule has 0 spiro atoms. The highest BCUT2D eigenvalue weighted by atomic mass is 19.4. The first kappa shape index (κ1) is 15.7. The molecule has 0 bridgehead atoms.